The summed E-state index contributed by atoms with van der Waals surface area (Å²) >= 11 is 0. The second-order valence-corrected chi connectivity index (χ2v) is 5.22. The van der Waals surface area contributed by atoms with E-state index in [0.29, 0.717) is 5.56 Å². The largest absolute Gasteiger partial charge is 0.489 e. The van der Waals surface area contributed by atoms with Crippen molar-refractivity contribution in [2.24, 2.45) is 0 Å². The predicted molar refractivity (Wildman–Crippen MR) is 76.3 cm³/mol. The van der Waals surface area contributed by atoms with Crippen LogP contribution in [-0.2, 0) is 12.8 Å². The van der Waals surface area contributed by atoms with E-state index in [9.17, 15) is 13.2 Å². The van der Waals surface area contributed by atoms with Crippen molar-refractivity contribution in [3.05, 3.63) is 65.2 Å². The number of hydrogen-bond donors (Lipinski definition) is 0. The molecule has 0 heterocycles. The van der Waals surface area contributed by atoms with Crippen LogP contribution in [-0.4, -0.2) is 0 Å². The fourth-order valence-electron chi connectivity index (χ4n) is 1.94. The maximum Gasteiger partial charge on any atom is 0.416 e. The van der Waals surface area contributed by atoms with Gasteiger partial charge in [0.1, 0.15) is 12.4 Å². The van der Waals surface area contributed by atoms with Gasteiger partial charge in [0.2, 0.25) is 0 Å². The molecule has 0 N–H and O–H groups in total. The second kappa shape index (κ2) is 6.20. The van der Waals surface area contributed by atoms with Gasteiger partial charge in [-0.25, -0.2) is 0 Å². The molecule has 0 aliphatic rings. The summed E-state index contributed by atoms with van der Waals surface area (Å²) in [5.41, 5.74) is 0.866. The van der Waals surface area contributed by atoms with Gasteiger partial charge >= 0.3 is 6.18 Å². The Kier molecular flexibility index (Phi) is 4.56. The van der Waals surface area contributed by atoms with Crippen molar-refractivity contribution >= 4 is 0 Å². The van der Waals surface area contributed by atoms with Gasteiger partial charge in [-0.15, -0.1) is 0 Å². The molecule has 1 nitrogen and oxygen atoms in total. The molecule has 0 unspecified atom stereocenters. The van der Waals surface area contributed by atoms with Crippen molar-refractivity contribution in [1.82, 2.24) is 0 Å². The third-order valence-corrected chi connectivity index (χ3v) is 3.17. The Balaban J connectivity index is 2.24. The predicted octanol–water partition coefficient (Wildman–Crippen LogP) is 5.41. The number of hydrogen-bond acceptors (Lipinski definition) is 1. The molecule has 0 aliphatic heterocycles. The zero-order chi connectivity index (χ0) is 15.5. The average Bonchev–Trinajstić information content (AvgIpc) is 2.45. The van der Waals surface area contributed by atoms with Gasteiger partial charge in [-0.3, -0.25) is 0 Å². The first-order valence-electron chi connectivity index (χ1n) is 6.75. The lowest BCUT2D eigenvalue weighted by molar-refractivity contribution is -0.137. The summed E-state index contributed by atoms with van der Waals surface area (Å²) in [5, 5.41) is 0. The quantitative estimate of drug-likeness (QED) is 0.732. The van der Waals surface area contributed by atoms with Crippen LogP contribution in [0.15, 0.2) is 48.5 Å². The Bertz CT molecular complexity index is 589. The highest BCUT2D eigenvalue weighted by Crippen LogP contribution is 2.34. The monoisotopic (exact) mass is 294 g/mol. The molecule has 0 atom stereocenters. The molecular weight excluding hydrogens is 277 g/mol. The van der Waals surface area contributed by atoms with E-state index in [0.717, 1.165) is 11.6 Å². The highest BCUT2D eigenvalue weighted by Gasteiger charge is 2.31. The molecule has 2 aromatic rings. The van der Waals surface area contributed by atoms with Crippen molar-refractivity contribution < 1.29 is 17.9 Å². The van der Waals surface area contributed by atoms with E-state index in [1.54, 1.807) is 6.07 Å². The third kappa shape index (κ3) is 4.25. The van der Waals surface area contributed by atoms with Crippen LogP contribution in [0.4, 0.5) is 13.2 Å². The van der Waals surface area contributed by atoms with Gasteiger partial charge < -0.3 is 4.74 Å². The van der Waals surface area contributed by atoms with Gasteiger partial charge in [0.05, 0.1) is 5.56 Å². The summed E-state index contributed by atoms with van der Waals surface area (Å²) in [6, 6.07) is 13.3. The Morgan fingerprint density at radius 2 is 1.67 bits per heavy atom. The first-order valence-corrected chi connectivity index (χ1v) is 6.75. The molecule has 0 saturated heterocycles. The highest BCUT2D eigenvalue weighted by atomic mass is 19.4. The van der Waals surface area contributed by atoms with E-state index >= 15 is 0 Å². The molecule has 2 aromatic carbocycles. The molecule has 0 aromatic heterocycles. The van der Waals surface area contributed by atoms with Crippen molar-refractivity contribution in [3.63, 3.8) is 0 Å². The standard InChI is InChI=1S/C17H17F3O/c1-12(2)14-8-15(17(18,19)20)10-16(9-14)21-11-13-6-4-3-5-7-13/h3-10,12H,11H2,1-2H3. The number of alkyl halides is 3. The Morgan fingerprint density at radius 1 is 1.00 bits per heavy atom. The molecule has 4 heteroatoms. The Hall–Kier alpha value is -1.97. The summed E-state index contributed by atoms with van der Waals surface area (Å²) in [7, 11) is 0. The summed E-state index contributed by atoms with van der Waals surface area (Å²) in [5.74, 6) is 0.253. The molecule has 0 spiro atoms. The van der Waals surface area contributed by atoms with Gasteiger partial charge in [-0.2, -0.15) is 13.2 Å². The molecule has 21 heavy (non-hydrogen) atoms. The van der Waals surface area contributed by atoms with Crippen LogP contribution < -0.4 is 4.74 Å². The lowest BCUT2D eigenvalue weighted by Gasteiger charge is -2.15. The minimum atomic E-state index is -4.37. The summed E-state index contributed by atoms with van der Waals surface area (Å²) in [6.07, 6.45) is -4.37. The second-order valence-electron chi connectivity index (χ2n) is 5.22. The first kappa shape index (κ1) is 15.4. The van der Waals surface area contributed by atoms with Crippen molar-refractivity contribution in [2.45, 2.75) is 32.5 Å². The van der Waals surface area contributed by atoms with Crippen LogP contribution in [0.25, 0.3) is 0 Å². The normalized spacial score (nSPS) is 11.7. The molecule has 0 amide bonds. The van der Waals surface area contributed by atoms with Crippen LogP contribution in [0, 0.1) is 0 Å². The van der Waals surface area contributed by atoms with Crippen molar-refractivity contribution in [1.29, 1.82) is 0 Å². The summed E-state index contributed by atoms with van der Waals surface area (Å²) in [4.78, 5) is 0. The number of halogens is 3. The van der Waals surface area contributed by atoms with E-state index in [4.69, 9.17) is 4.74 Å². The van der Waals surface area contributed by atoms with Gasteiger partial charge in [-0.1, -0.05) is 44.2 Å². The SMILES string of the molecule is CC(C)c1cc(OCc2ccccc2)cc(C(F)(F)F)c1. The van der Waals surface area contributed by atoms with Crippen molar-refractivity contribution in [3.8, 4) is 5.75 Å². The van der Waals surface area contributed by atoms with Gasteiger partial charge in [0, 0.05) is 0 Å². The van der Waals surface area contributed by atoms with E-state index in [2.05, 4.69) is 0 Å². The molecule has 112 valence electrons. The van der Waals surface area contributed by atoms with Crippen LogP contribution in [0.2, 0.25) is 0 Å². The first-order chi connectivity index (χ1) is 9.86. The Labute approximate surface area is 122 Å². The fourth-order valence-corrected chi connectivity index (χ4v) is 1.94. The van der Waals surface area contributed by atoms with Crippen LogP contribution >= 0.6 is 0 Å². The van der Waals surface area contributed by atoms with E-state index < -0.39 is 11.7 Å². The molecule has 2 rings (SSSR count). The molecule has 0 aliphatic carbocycles. The number of benzene rings is 2. The molecule has 0 radical (unpaired) electrons. The molecule has 0 bridgehead atoms. The third-order valence-electron chi connectivity index (χ3n) is 3.17. The zero-order valence-electron chi connectivity index (χ0n) is 11.9. The Morgan fingerprint density at radius 3 is 2.24 bits per heavy atom. The minimum Gasteiger partial charge on any atom is -0.489 e. The zero-order valence-corrected chi connectivity index (χ0v) is 11.9. The topological polar surface area (TPSA) is 9.23 Å². The maximum absolute atomic E-state index is 12.9. The van der Waals surface area contributed by atoms with E-state index in [1.165, 1.54) is 6.07 Å². The van der Waals surface area contributed by atoms with Gasteiger partial charge in [-0.05, 0) is 35.2 Å². The van der Waals surface area contributed by atoms with E-state index in [-0.39, 0.29) is 18.3 Å². The van der Waals surface area contributed by atoms with Crippen LogP contribution in [0.1, 0.15) is 36.5 Å². The lowest BCUT2D eigenvalue weighted by atomic mass is 10.00. The maximum atomic E-state index is 12.9. The molecule has 0 fully saturated rings. The molecule has 0 saturated carbocycles. The minimum absolute atomic E-state index is 0.00590. The smallest absolute Gasteiger partial charge is 0.416 e. The molecular formula is C17H17F3O. The highest BCUT2D eigenvalue weighted by molar-refractivity contribution is 5.37. The average molecular weight is 294 g/mol. The van der Waals surface area contributed by atoms with E-state index in [1.807, 2.05) is 44.2 Å². The van der Waals surface area contributed by atoms with Gasteiger partial charge in [0.15, 0.2) is 0 Å². The summed E-state index contributed by atoms with van der Waals surface area (Å²) in [6.45, 7) is 3.96. The fraction of sp³-hybridized carbons (Fsp3) is 0.294. The number of ether oxygens (including phenoxy) is 1. The van der Waals surface area contributed by atoms with Crippen LogP contribution in [0.5, 0.6) is 5.75 Å². The lowest BCUT2D eigenvalue weighted by Crippen LogP contribution is -2.07. The van der Waals surface area contributed by atoms with Crippen LogP contribution in [0.3, 0.4) is 0 Å². The number of rotatable bonds is 4. The van der Waals surface area contributed by atoms with Gasteiger partial charge in [0.25, 0.3) is 0 Å². The van der Waals surface area contributed by atoms with Crippen molar-refractivity contribution in [2.75, 3.05) is 0 Å². The summed E-state index contributed by atoms with van der Waals surface area (Å²) < 4.78 is 44.3.